The predicted octanol–water partition coefficient (Wildman–Crippen LogP) is 1.40. The van der Waals surface area contributed by atoms with Crippen LogP contribution in [0.4, 0.5) is 0 Å². The van der Waals surface area contributed by atoms with Gasteiger partial charge in [0.2, 0.25) is 0 Å². The molecule has 1 saturated heterocycles. The summed E-state index contributed by atoms with van der Waals surface area (Å²) < 4.78 is 5.02. The Balaban J connectivity index is 1.65. The first-order valence-electron chi connectivity index (χ1n) is 5.70. The highest BCUT2D eigenvalue weighted by molar-refractivity contribution is 5.83. The highest BCUT2D eigenvalue weighted by Crippen LogP contribution is 2.44. The zero-order valence-corrected chi connectivity index (χ0v) is 9.30. The molecule has 16 heavy (non-hydrogen) atoms. The summed E-state index contributed by atoms with van der Waals surface area (Å²) in [5.74, 6) is 0.664. The fourth-order valence-electron chi connectivity index (χ4n) is 2.25. The van der Waals surface area contributed by atoms with Gasteiger partial charge in [0.25, 0.3) is 5.91 Å². The molecule has 0 radical (unpaired) electrons. The van der Waals surface area contributed by atoms with Crippen LogP contribution in [0.2, 0.25) is 0 Å². The normalized spacial score (nSPS) is 30.9. The van der Waals surface area contributed by atoms with Crippen molar-refractivity contribution in [3.8, 4) is 0 Å². The van der Waals surface area contributed by atoms with Crippen molar-refractivity contribution in [2.45, 2.75) is 24.5 Å². The molecule has 3 heteroatoms. The minimum absolute atomic E-state index is 0.142. The van der Waals surface area contributed by atoms with Gasteiger partial charge in [-0.25, -0.2) is 0 Å². The monoisotopic (exact) mass is 217 g/mol. The maximum Gasteiger partial charge on any atom is 0.254 e. The smallest absolute Gasteiger partial charge is 0.254 e. The van der Waals surface area contributed by atoms with Crippen LogP contribution in [0, 0.1) is 0 Å². The van der Waals surface area contributed by atoms with E-state index in [9.17, 15) is 4.79 Å². The molecule has 3 atom stereocenters. The van der Waals surface area contributed by atoms with Crippen molar-refractivity contribution in [3.63, 3.8) is 0 Å². The van der Waals surface area contributed by atoms with E-state index in [4.69, 9.17) is 4.74 Å². The number of amides is 1. The number of rotatable bonds is 3. The first-order valence-corrected chi connectivity index (χ1v) is 5.70. The lowest BCUT2D eigenvalue weighted by atomic mass is 10.1. The average molecular weight is 217 g/mol. The summed E-state index contributed by atoms with van der Waals surface area (Å²) in [5, 5.41) is 0. The number of likely N-dealkylation sites (N-methyl/N-ethyl adjacent to an activating group) is 1. The number of carbonyl (C=O) groups is 1. The number of nitrogens with zero attached hydrogens (tertiary/aromatic N) is 1. The van der Waals surface area contributed by atoms with Crippen molar-refractivity contribution in [2.24, 2.45) is 0 Å². The van der Waals surface area contributed by atoms with Gasteiger partial charge >= 0.3 is 0 Å². The Bertz CT molecular complexity index is 400. The third kappa shape index (κ3) is 1.71. The first kappa shape index (κ1) is 9.85. The molecular formula is C13H15NO2. The Kier molecular flexibility index (Phi) is 2.21. The number of hydrogen-bond acceptors (Lipinski definition) is 2. The molecule has 2 aliphatic rings. The number of ether oxygens (including phenoxy) is 1. The number of epoxide rings is 1. The third-order valence-corrected chi connectivity index (χ3v) is 3.44. The molecule has 3 rings (SSSR count). The molecule has 1 aliphatic heterocycles. The second-order valence-electron chi connectivity index (χ2n) is 4.59. The van der Waals surface area contributed by atoms with E-state index in [1.807, 2.05) is 18.0 Å². The van der Waals surface area contributed by atoms with Crippen LogP contribution in [-0.2, 0) is 9.53 Å². The van der Waals surface area contributed by atoms with Crippen LogP contribution < -0.4 is 0 Å². The molecule has 1 saturated carbocycles. The summed E-state index contributed by atoms with van der Waals surface area (Å²) in [4.78, 5) is 13.6. The number of hydrogen-bond donors (Lipinski definition) is 0. The van der Waals surface area contributed by atoms with Crippen LogP contribution in [0.5, 0.6) is 0 Å². The van der Waals surface area contributed by atoms with Crippen LogP contribution in [0.25, 0.3) is 0 Å². The molecule has 1 amide bonds. The molecule has 0 spiro atoms. The van der Waals surface area contributed by atoms with Gasteiger partial charge in [0.1, 0.15) is 0 Å². The number of benzene rings is 1. The van der Waals surface area contributed by atoms with Crippen LogP contribution in [0.3, 0.4) is 0 Å². The Morgan fingerprint density at radius 3 is 2.69 bits per heavy atom. The Morgan fingerprint density at radius 2 is 2.06 bits per heavy atom. The van der Waals surface area contributed by atoms with Gasteiger partial charge in [-0.1, -0.05) is 30.3 Å². The lowest BCUT2D eigenvalue weighted by molar-refractivity contribution is -0.131. The molecule has 1 aliphatic carbocycles. The number of carbonyl (C=O) groups excluding carboxylic acids is 1. The van der Waals surface area contributed by atoms with Gasteiger partial charge in [-0.15, -0.1) is 0 Å². The summed E-state index contributed by atoms with van der Waals surface area (Å²) >= 11 is 0. The Hall–Kier alpha value is -1.35. The van der Waals surface area contributed by atoms with Gasteiger partial charge in [-0.3, -0.25) is 4.79 Å². The molecule has 1 unspecified atom stereocenters. The maximum absolute atomic E-state index is 11.8. The molecule has 1 aromatic rings. The molecule has 1 heterocycles. The van der Waals surface area contributed by atoms with E-state index in [0.29, 0.717) is 18.6 Å². The summed E-state index contributed by atoms with van der Waals surface area (Å²) in [7, 11) is 1.89. The predicted molar refractivity (Wildman–Crippen MR) is 60.1 cm³/mol. The lowest BCUT2D eigenvalue weighted by Gasteiger charge is -2.16. The highest BCUT2D eigenvalue weighted by atomic mass is 16.6. The molecule has 0 aromatic heterocycles. The van der Waals surface area contributed by atoms with E-state index in [1.54, 1.807) is 0 Å². The first-order chi connectivity index (χ1) is 7.77. The molecule has 2 fully saturated rings. The molecule has 0 N–H and O–H groups in total. The van der Waals surface area contributed by atoms with Crippen molar-refractivity contribution < 1.29 is 9.53 Å². The molecule has 84 valence electrons. The molecule has 3 nitrogen and oxygen atoms in total. The van der Waals surface area contributed by atoms with Gasteiger partial charge < -0.3 is 9.64 Å². The second-order valence-corrected chi connectivity index (χ2v) is 4.59. The Morgan fingerprint density at radius 1 is 1.38 bits per heavy atom. The van der Waals surface area contributed by atoms with Crippen molar-refractivity contribution in [1.29, 1.82) is 0 Å². The average Bonchev–Trinajstić information content (AvgIpc) is 3.19. The summed E-state index contributed by atoms with van der Waals surface area (Å²) in [6.45, 7) is 0.603. The topological polar surface area (TPSA) is 32.8 Å². The molecule has 1 aromatic carbocycles. The van der Waals surface area contributed by atoms with Crippen molar-refractivity contribution >= 4 is 5.91 Å². The summed E-state index contributed by atoms with van der Waals surface area (Å²) in [5.41, 5.74) is 1.34. The second kappa shape index (κ2) is 3.59. The van der Waals surface area contributed by atoms with E-state index in [0.717, 1.165) is 6.42 Å². The standard InChI is InChI=1S/C13H15NO2/c1-14(13(15)12-8-16-12)11-7-10(11)9-5-3-2-4-6-9/h2-6,10-12H,7-8H2,1H3/t10-,11+,12?/m0/s1. The van der Waals surface area contributed by atoms with Crippen LogP contribution in [0.1, 0.15) is 17.9 Å². The van der Waals surface area contributed by atoms with Crippen molar-refractivity contribution in [3.05, 3.63) is 35.9 Å². The van der Waals surface area contributed by atoms with E-state index in [1.165, 1.54) is 5.56 Å². The quantitative estimate of drug-likeness (QED) is 0.717. The largest absolute Gasteiger partial charge is 0.363 e. The highest BCUT2D eigenvalue weighted by Gasteiger charge is 2.46. The minimum atomic E-state index is -0.151. The Labute approximate surface area is 95.0 Å². The molecule has 0 bridgehead atoms. The maximum atomic E-state index is 11.8. The van der Waals surface area contributed by atoms with Crippen LogP contribution in [-0.4, -0.2) is 36.6 Å². The third-order valence-electron chi connectivity index (χ3n) is 3.44. The SMILES string of the molecule is CN(C(=O)C1CO1)[C@@H]1C[C@H]1c1ccccc1. The van der Waals surface area contributed by atoms with Gasteiger partial charge in [-0.2, -0.15) is 0 Å². The fourth-order valence-corrected chi connectivity index (χ4v) is 2.25. The van der Waals surface area contributed by atoms with E-state index < -0.39 is 0 Å². The van der Waals surface area contributed by atoms with E-state index >= 15 is 0 Å². The summed E-state index contributed by atoms with van der Waals surface area (Å²) in [6, 6.07) is 10.8. The minimum Gasteiger partial charge on any atom is -0.363 e. The van der Waals surface area contributed by atoms with Gasteiger partial charge in [0.05, 0.1) is 6.61 Å². The van der Waals surface area contributed by atoms with Crippen molar-refractivity contribution in [2.75, 3.05) is 13.7 Å². The van der Waals surface area contributed by atoms with E-state index in [-0.39, 0.29) is 12.0 Å². The summed E-state index contributed by atoms with van der Waals surface area (Å²) in [6.07, 6.45) is 0.931. The zero-order valence-electron chi connectivity index (χ0n) is 9.30. The van der Waals surface area contributed by atoms with Gasteiger partial charge in [0.15, 0.2) is 6.10 Å². The molecular weight excluding hydrogens is 202 g/mol. The van der Waals surface area contributed by atoms with Gasteiger partial charge in [-0.05, 0) is 12.0 Å². The fraction of sp³-hybridized carbons (Fsp3) is 0.462. The van der Waals surface area contributed by atoms with E-state index in [2.05, 4.69) is 24.3 Å². The van der Waals surface area contributed by atoms with Crippen LogP contribution in [0.15, 0.2) is 30.3 Å². The zero-order chi connectivity index (χ0) is 11.1. The van der Waals surface area contributed by atoms with Crippen LogP contribution >= 0.6 is 0 Å². The van der Waals surface area contributed by atoms with Gasteiger partial charge in [0, 0.05) is 19.0 Å². The van der Waals surface area contributed by atoms with Crippen molar-refractivity contribution in [1.82, 2.24) is 4.90 Å². The lowest BCUT2D eigenvalue weighted by Crippen LogP contribution is -2.33.